The minimum absolute atomic E-state index is 0.00819. The van der Waals surface area contributed by atoms with E-state index in [1.54, 1.807) is 0 Å². The zero-order chi connectivity index (χ0) is 12.2. The number of carboxylic acids is 1. The van der Waals surface area contributed by atoms with Gasteiger partial charge in [0.1, 0.15) is 0 Å². The van der Waals surface area contributed by atoms with Gasteiger partial charge in [0.2, 0.25) is 5.91 Å². The van der Waals surface area contributed by atoms with Crippen LogP contribution in [0.4, 0.5) is 0 Å². The fourth-order valence-corrected chi connectivity index (χ4v) is 1.88. The Balaban J connectivity index is 2.51. The Morgan fingerprint density at radius 2 is 2.25 bits per heavy atom. The van der Waals surface area contributed by atoms with Crippen LogP contribution in [0.5, 0.6) is 0 Å². The van der Waals surface area contributed by atoms with Crippen LogP contribution in [-0.2, 0) is 9.59 Å². The number of nitrogens with one attached hydrogen (secondary N) is 2. The van der Waals surface area contributed by atoms with E-state index in [4.69, 9.17) is 5.11 Å². The molecule has 2 atom stereocenters. The maximum Gasteiger partial charge on any atom is 0.305 e. The molecule has 16 heavy (non-hydrogen) atoms. The summed E-state index contributed by atoms with van der Waals surface area (Å²) in [5.74, 6) is -0.910. The minimum atomic E-state index is -0.873. The van der Waals surface area contributed by atoms with Crippen molar-refractivity contribution < 1.29 is 14.7 Å². The fourth-order valence-electron chi connectivity index (χ4n) is 1.88. The minimum Gasteiger partial charge on any atom is -0.481 e. The highest BCUT2D eigenvalue weighted by Gasteiger charge is 2.37. The van der Waals surface area contributed by atoms with E-state index >= 15 is 0 Å². The second kappa shape index (κ2) is 5.30. The van der Waals surface area contributed by atoms with Crippen molar-refractivity contribution in [3.8, 4) is 0 Å². The molecule has 0 aromatic heterocycles. The second-order valence-corrected chi connectivity index (χ2v) is 4.66. The highest BCUT2D eigenvalue weighted by molar-refractivity contribution is 5.83. The molecule has 0 radical (unpaired) electrons. The van der Waals surface area contributed by atoms with Crippen molar-refractivity contribution >= 4 is 11.9 Å². The summed E-state index contributed by atoms with van der Waals surface area (Å²) in [5, 5.41) is 14.7. The molecule has 0 saturated carbocycles. The van der Waals surface area contributed by atoms with E-state index in [1.807, 2.05) is 13.8 Å². The van der Waals surface area contributed by atoms with Crippen LogP contribution in [0.1, 0.15) is 33.1 Å². The summed E-state index contributed by atoms with van der Waals surface area (Å²) >= 11 is 0. The zero-order valence-electron chi connectivity index (χ0n) is 9.88. The highest BCUT2D eigenvalue weighted by atomic mass is 16.4. The number of amides is 1. The molecule has 1 aliphatic heterocycles. The Bertz CT molecular complexity index is 272. The summed E-state index contributed by atoms with van der Waals surface area (Å²) < 4.78 is 0. The van der Waals surface area contributed by atoms with Gasteiger partial charge >= 0.3 is 5.97 Å². The SMILES string of the molecule is CCC(CC(=O)O)NC(=O)C1(C)CCNC1. The highest BCUT2D eigenvalue weighted by Crippen LogP contribution is 2.24. The van der Waals surface area contributed by atoms with E-state index in [2.05, 4.69) is 10.6 Å². The molecule has 5 heteroatoms. The van der Waals surface area contributed by atoms with Crippen LogP contribution in [0.15, 0.2) is 0 Å². The maximum atomic E-state index is 12.0. The monoisotopic (exact) mass is 228 g/mol. The molecule has 0 aliphatic carbocycles. The van der Waals surface area contributed by atoms with Gasteiger partial charge in [0, 0.05) is 12.6 Å². The Morgan fingerprint density at radius 1 is 1.56 bits per heavy atom. The summed E-state index contributed by atoms with van der Waals surface area (Å²) in [6.45, 7) is 5.31. The van der Waals surface area contributed by atoms with Crippen molar-refractivity contribution in [2.45, 2.75) is 39.2 Å². The van der Waals surface area contributed by atoms with E-state index in [9.17, 15) is 9.59 Å². The topological polar surface area (TPSA) is 78.4 Å². The van der Waals surface area contributed by atoms with Crippen molar-refractivity contribution in [3.63, 3.8) is 0 Å². The van der Waals surface area contributed by atoms with Gasteiger partial charge in [-0.2, -0.15) is 0 Å². The Kier molecular flexibility index (Phi) is 4.29. The van der Waals surface area contributed by atoms with E-state index in [0.717, 1.165) is 13.0 Å². The molecule has 1 saturated heterocycles. The van der Waals surface area contributed by atoms with Crippen LogP contribution in [-0.4, -0.2) is 36.1 Å². The molecule has 0 aromatic rings. The third kappa shape index (κ3) is 3.20. The standard InChI is InChI=1S/C11H20N2O3/c1-3-8(6-9(14)15)13-10(16)11(2)4-5-12-7-11/h8,12H,3-7H2,1-2H3,(H,13,16)(H,14,15). The van der Waals surface area contributed by atoms with Crippen LogP contribution >= 0.6 is 0 Å². The molecule has 0 aromatic carbocycles. The van der Waals surface area contributed by atoms with Crippen LogP contribution in [0.25, 0.3) is 0 Å². The van der Waals surface area contributed by atoms with Crippen molar-refractivity contribution in [2.24, 2.45) is 5.41 Å². The summed E-state index contributed by atoms with van der Waals surface area (Å²) in [7, 11) is 0. The summed E-state index contributed by atoms with van der Waals surface area (Å²) in [4.78, 5) is 22.6. The Labute approximate surface area is 95.6 Å². The molecule has 0 bridgehead atoms. The van der Waals surface area contributed by atoms with Gasteiger partial charge in [-0.15, -0.1) is 0 Å². The lowest BCUT2D eigenvalue weighted by Crippen LogP contribution is -2.45. The normalized spacial score (nSPS) is 26.4. The maximum absolute atomic E-state index is 12.0. The number of carbonyl (C=O) groups excluding carboxylic acids is 1. The quantitative estimate of drug-likeness (QED) is 0.634. The first-order chi connectivity index (χ1) is 7.48. The largest absolute Gasteiger partial charge is 0.481 e. The van der Waals surface area contributed by atoms with Gasteiger partial charge < -0.3 is 15.7 Å². The molecule has 2 unspecified atom stereocenters. The molecule has 3 N–H and O–H groups in total. The van der Waals surface area contributed by atoms with Gasteiger partial charge in [0.25, 0.3) is 0 Å². The van der Waals surface area contributed by atoms with Gasteiger partial charge in [0.05, 0.1) is 11.8 Å². The Morgan fingerprint density at radius 3 is 2.69 bits per heavy atom. The molecule has 1 fully saturated rings. The van der Waals surface area contributed by atoms with Gasteiger partial charge in [-0.3, -0.25) is 9.59 Å². The molecule has 1 rings (SSSR count). The summed E-state index contributed by atoms with van der Waals surface area (Å²) in [6.07, 6.45) is 1.44. The van der Waals surface area contributed by atoms with Crippen molar-refractivity contribution in [3.05, 3.63) is 0 Å². The van der Waals surface area contributed by atoms with Crippen molar-refractivity contribution in [2.75, 3.05) is 13.1 Å². The van der Waals surface area contributed by atoms with Crippen LogP contribution in [0.3, 0.4) is 0 Å². The van der Waals surface area contributed by atoms with Crippen molar-refractivity contribution in [1.82, 2.24) is 10.6 Å². The van der Waals surface area contributed by atoms with Gasteiger partial charge in [-0.1, -0.05) is 6.92 Å². The van der Waals surface area contributed by atoms with E-state index in [-0.39, 0.29) is 23.8 Å². The predicted octanol–water partition coefficient (Wildman–Crippen LogP) is 0.356. The lowest BCUT2D eigenvalue weighted by atomic mass is 9.88. The average Bonchev–Trinajstić information content (AvgIpc) is 2.64. The first-order valence-electron chi connectivity index (χ1n) is 5.71. The number of rotatable bonds is 5. The molecular formula is C11H20N2O3. The van der Waals surface area contributed by atoms with Crippen molar-refractivity contribution in [1.29, 1.82) is 0 Å². The van der Waals surface area contributed by atoms with E-state index in [1.165, 1.54) is 0 Å². The van der Waals surface area contributed by atoms with Gasteiger partial charge in [-0.05, 0) is 26.3 Å². The van der Waals surface area contributed by atoms with Gasteiger partial charge in [0.15, 0.2) is 0 Å². The van der Waals surface area contributed by atoms with Crippen LogP contribution in [0.2, 0.25) is 0 Å². The molecule has 92 valence electrons. The lowest BCUT2D eigenvalue weighted by Gasteiger charge is -2.25. The fraction of sp³-hybridized carbons (Fsp3) is 0.818. The molecule has 1 heterocycles. The zero-order valence-corrected chi connectivity index (χ0v) is 9.88. The van der Waals surface area contributed by atoms with Gasteiger partial charge in [-0.25, -0.2) is 0 Å². The molecule has 1 amide bonds. The lowest BCUT2D eigenvalue weighted by molar-refractivity contribution is -0.138. The molecule has 0 spiro atoms. The molecule has 1 aliphatic rings. The average molecular weight is 228 g/mol. The third-order valence-corrected chi connectivity index (χ3v) is 3.17. The number of hydrogen-bond donors (Lipinski definition) is 3. The van der Waals surface area contributed by atoms with E-state index < -0.39 is 5.97 Å². The summed E-state index contributed by atoms with van der Waals surface area (Å²) in [5.41, 5.74) is -0.383. The molecule has 5 nitrogen and oxygen atoms in total. The smallest absolute Gasteiger partial charge is 0.305 e. The number of carboxylic acid groups (broad SMARTS) is 1. The second-order valence-electron chi connectivity index (χ2n) is 4.66. The number of hydrogen-bond acceptors (Lipinski definition) is 3. The predicted molar refractivity (Wildman–Crippen MR) is 60.1 cm³/mol. The third-order valence-electron chi connectivity index (χ3n) is 3.17. The summed E-state index contributed by atoms with van der Waals surface area (Å²) in [6, 6.07) is -0.262. The van der Waals surface area contributed by atoms with Crippen LogP contribution in [0, 0.1) is 5.41 Å². The first kappa shape index (κ1) is 13.0. The number of carbonyl (C=O) groups is 2. The van der Waals surface area contributed by atoms with E-state index in [0.29, 0.717) is 13.0 Å². The number of aliphatic carboxylic acids is 1. The first-order valence-corrected chi connectivity index (χ1v) is 5.71. The molecular weight excluding hydrogens is 208 g/mol. The Hall–Kier alpha value is -1.10. The van der Waals surface area contributed by atoms with Crippen LogP contribution < -0.4 is 10.6 Å².